The van der Waals surface area contributed by atoms with Gasteiger partial charge in [0.2, 0.25) is 5.91 Å². The van der Waals surface area contributed by atoms with Crippen molar-refractivity contribution in [3.8, 4) is 0 Å². The molecule has 1 fully saturated rings. The van der Waals surface area contributed by atoms with E-state index in [1.807, 2.05) is 39.8 Å². The zero-order valence-corrected chi connectivity index (χ0v) is 15.0. The highest BCUT2D eigenvalue weighted by atomic mass is 32.2. The van der Waals surface area contributed by atoms with E-state index < -0.39 is 0 Å². The molecule has 2 atom stereocenters. The van der Waals surface area contributed by atoms with E-state index in [1.54, 1.807) is 17.8 Å². The van der Waals surface area contributed by atoms with Crippen LogP contribution in [0.15, 0.2) is 53.3 Å². The quantitative estimate of drug-likeness (QED) is 0.848. The first-order valence-corrected chi connectivity index (χ1v) is 9.95. The van der Waals surface area contributed by atoms with Crippen LogP contribution in [-0.4, -0.2) is 34.2 Å². The summed E-state index contributed by atoms with van der Waals surface area (Å²) in [6.45, 7) is 2.26. The van der Waals surface area contributed by atoms with Crippen molar-refractivity contribution in [2.24, 2.45) is 5.92 Å². The standard InChI is InChI=1S/C20H22N2O2S/c23-19-8-4-7-18-17-9-16(11-22(18)19)10-21(12-17)20(24)14-25-13-15-5-2-1-3-6-15/h1-8,16-17H,9-14H2. The minimum Gasteiger partial charge on any atom is -0.341 e. The van der Waals surface area contributed by atoms with E-state index in [0.717, 1.165) is 37.5 Å². The van der Waals surface area contributed by atoms with Crippen molar-refractivity contribution in [2.75, 3.05) is 18.8 Å². The first-order chi connectivity index (χ1) is 12.2. The van der Waals surface area contributed by atoms with E-state index in [4.69, 9.17) is 0 Å². The molecule has 0 spiro atoms. The van der Waals surface area contributed by atoms with Crippen LogP contribution in [0.2, 0.25) is 0 Å². The molecule has 2 aromatic rings. The van der Waals surface area contributed by atoms with E-state index in [1.165, 1.54) is 5.56 Å². The number of benzene rings is 1. The number of fused-ring (bicyclic) bond motifs is 4. The topological polar surface area (TPSA) is 42.3 Å². The second-order valence-electron chi connectivity index (χ2n) is 6.98. The van der Waals surface area contributed by atoms with Gasteiger partial charge in [0.25, 0.3) is 5.56 Å². The van der Waals surface area contributed by atoms with Gasteiger partial charge >= 0.3 is 0 Å². The molecule has 2 bridgehead atoms. The predicted molar refractivity (Wildman–Crippen MR) is 101 cm³/mol. The Morgan fingerprint density at radius 3 is 2.72 bits per heavy atom. The van der Waals surface area contributed by atoms with Crippen LogP contribution in [0.25, 0.3) is 0 Å². The summed E-state index contributed by atoms with van der Waals surface area (Å²) in [5.74, 6) is 2.31. The van der Waals surface area contributed by atoms with E-state index >= 15 is 0 Å². The number of pyridine rings is 1. The molecule has 1 aromatic heterocycles. The number of aromatic nitrogens is 1. The molecule has 0 aliphatic carbocycles. The van der Waals surface area contributed by atoms with Crippen LogP contribution in [0, 0.1) is 5.92 Å². The number of carbonyl (C=O) groups is 1. The van der Waals surface area contributed by atoms with Crippen molar-refractivity contribution in [1.82, 2.24) is 9.47 Å². The van der Waals surface area contributed by atoms with Crippen molar-refractivity contribution in [3.05, 3.63) is 70.1 Å². The number of hydrogen-bond donors (Lipinski definition) is 0. The van der Waals surface area contributed by atoms with Crippen molar-refractivity contribution in [1.29, 1.82) is 0 Å². The lowest BCUT2D eigenvalue weighted by atomic mass is 9.83. The number of amides is 1. The fourth-order valence-corrected chi connectivity index (χ4v) is 4.91. The average molecular weight is 354 g/mol. The third-order valence-electron chi connectivity index (χ3n) is 5.17. The van der Waals surface area contributed by atoms with Gasteiger partial charge in [-0.1, -0.05) is 36.4 Å². The van der Waals surface area contributed by atoms with E-state index in [2.05, 4.69) is 12.1 Å². The zero-order chi connectivity index (χ0) is 17.2. The Bertz CT molecular complexity index is 818. The summed E-state index contributed by atoms with van der Waals surface area (Å²) in [5, 5.41) is 0. The van der Waals surface area contributed by atoms with E-state index in [-0.39, 0.29) is 11.5 Å². The maximum atomic E-state index is 12.6. The molecule has 0 N–H and O–H groups in total. The molecule has 3 heterocycles. The molecule has 4 rings (SSSR count). The van der Waals surface area contributed by atoms with Crippen molar-refractivity contribution in [2.45, 2.75) is 24.6 Å². The molecule has 1 aromatic carbocycles. The summed E-state index contributed by atoms with van der Waals surface area (Å²) < 4.78 is 1.91. The Hall–Kier alpha value is -2.01. The third kappa shape index (κ3) is 3.52. The number of hydrogen-bond acceptors (Lipinski definition) is 3. The maximum absolute atomic E-state index is 12.6. The fraction of sp³-hybridized carbons (Fsp3) is 0.400. The highest BCUT2D eigenvalue weighted by molar-refractivity contribution is 7.99. The van der Waals surface area contributed by atoms with Crippen LogP contribution >= 0.6 is 11.8 Å². The second kappa shape index (κ2) is 7.08. The molecule has 0 saturated carbocycles. The van der Waals surface area contributed by atoms with Crippen molar-refractivity contribution in [3.63, 3.8) is 0 Å². The monoisotopic (exact) mass is 354 g/mol. The Morgan fingerprint density at radius 2 is 1.88 bits per heavy atom. The summed E-state index contributed by atoms with van der Waals surface area (Å²) in [6.07, 6.45) is 1.09. The van der Waals surface area contributed by atoms with Gasteiger partial charge in [-0.3, -0.25) is 9.59 Å². The molecule has 2 unspecified atom stereocenters. The van der Waals surface area contributed by atoms with Gasteiger partial charge in [0.15, 0.2) is 0 Å². The predicted octanol–water partition coefficient (Wildman–Crippen LogP) is 2.73. The second-order valence-corrected chi connectivity index (χ2v) is 7.96. The normalized spacial score (nSPS) is 21.7. The van der Waals surface area contributed by atoms with Gasteiger partial charge < -0.3 is 9.47 Å². The Kier molecular flexibility index (Phi) is 4.66. The largest absolute Gasteiger partial charge is 0.341 e. The van der Waals surface area contributed by atoms with E-state index in [9.17, 15) is 9.59 Å². The van der Waals surface area contributed by atoms with Gasteiger partial charge in [-0.25, -0.2) is 0 Å². The Balaban J connectivity index is 1.38. The molecule has 130 valence electrons. The average Bonchev–Trinajstić information content (AvgIpc) is 2.63. The van der Waals surface area contributed by atoms with Crippen LogP contribution in [-0.2, 0) is 17.1 Å². The molecular formula is C20H22N2O2S. The smallest absolute Gasteiger partial charge is 0.250 e. The van der Waals surface area contributed by atoms with Crippen LogP contribution in [0.1, 0.15) is 23.6 Å². The summed E-state index contributed by atoms with van der Waals surface area (Å²) >= 11 is 1.68. The molecule has 1 amide bonds. The number of piperidine rings is 1. The minimum atomic E-state index is 0.0883. The lowest BCUT2D eigenvalue weighted by Crippen LogP contribution is -2.49. The molecule has 5 heteroatoms. The number of rotatable bonds is 4. The van der Waals surface area contributed by atoms with Gasteiger partial charge in [-0.15, -0.1) is 11.8 Å². The lowest BCUT2D eigenvalue weighted by Gasteiger charge is -2.42. The van der Waals surface area contributed by atoms with Gasteiger partial charge in [-0.05, 0) is 24.0 Å². The number of likely N-dealkylation sites (tertiary alicyclic amines) is 1. The summed E-state index contributed by atoms with van der Waals surface area (Å²) in [4.78, 5) is 26.7. The summed E-state index contributed by atoms with van der Waals surface area (Å²) in [7, 11) is 0. The molecule has 2 aliphatic heterocycles. The molecule has 25 heavy (non-hydrogen) atoms. The highest BCUT2D eigenvalue weighted by Crippen LogP contribution is 2.35. The van der Waals surface area contributed by atoms with Gasteiger partial charge in [-0.2, -0.15) is 0 Å². The van der Waals surface area contributed by atoms with Gasteiger partial charge in [0.1, 0.15) is 0 Å². The number of thioether (sulfide) groups is 1. The van der Waals surface area contributed by atoms with Crippen LogP contribution in [0.4, 0.5) is 0 Å². The highest BCUT2D eigenvalue weighted by Gasteiger charge is 2.35. The van der Waals surface area contributed by atoms with Crippen LogP contribution in [0.5, 0.6) is 0 Å². The van der Waals surface area contributed by atoms with Gasteiger partial charge in [0.05, 0.1) is 5.75 Å². The summed E-state index contributed by atoms with van der Waals surface area (Å²) in [5.41, 5.74) is 2.44. The van der Waals surface area contributed by atoms with Gasteiger partial charge in [0, 0.05) is 43.1 Å². The molecule has 0 radical (unpaired) electrons. The molecule has 1 saturated heterocycles. The molecule has 4 nitrogen and oxygen atoms in total. The zero-order valence-electron chi connectivity index (χ0n) is 14.1. The Labute approximate surface area is 151 Å². The molecular weight excluding hydrogens is 332 g/mol. The lowest BCUT2D eigenvalue weighted by molar-refractivity contribution is -0.131. The third-order valence-corrected chi connectivity index (χ3v) is 6.16. The SMILES string of the molecule is O=C(CSCc1ccccc1)N1CC2CC(C1)c1cccc(=O)n1C2. The van der Waals surface area contributed by atoms with Crippen LogP contribution in [0.3, 0.4) is 0 Å². The first-order valence-electron chi connectivity index (χ1n) is 8.80. The van der Waals surface area contributed by atoms with Crippen molar-refractivity contribution >= 4 is 17.7 Å². The summed E-state index contributed by atoms with van der Waals surface area (Å²) in [6, 6.07) is 15.8. The maximum Gasteiger partial charge on any atom is 0.250 e. The number of nitrogens with zero attached hydrogens (tertiary/aromatic N) is 2. The number of carbonyl (C=O) groups excluding carboxylic acids is 1. The Morgan fingerprint density at radius 1 is 1.04 bits per heavy atom. The molecule has 2 aliphatic rings. The fourth-order valence-electron chi connectivity index (χ4n) is 4.02. The van der Waals surface area contributed by atoms with Crippen LogP contribution < -0.4 is 5.56 Å². The minimum absolute atomic E-state index is 0.0883. The van der Waals surface area contributed by atoms with E-state index in [0.29, 0.717) is 17.6 Å². The van der Waals surface area contributed by atoms with Crippen molar-refractivity contribution < 1.29 is 4.79 Å². The first kappa shape index (κ1) is 16.5.